The summed E-state index contributed by atoms with van der Waals surface area (Å²) in [4.78, 5) is 29.3. The van der Waals surface area contributed by atoms with Crippen molar-refractivity contribution in [3.8, 4) is 5.75 Å². The molecule has 0 aliphatic carbocycles. The lowest BCUT2D eigenvalue weighted by molar-refractivity contribution is -0.122. The number of carbonyl (C=O) groups is 1. The predicted octanol–water partition coefficient (Wildman–Crippen LogP) is 2.21. The monoisotopic (exact) mass is 363 g/mol. The van der Waals surface area contributed by atoms with E-state index in [1.165, 1.54) is 10.9 Å². The molecule has 0 saturated heterocycles. The summed E-state index contributed by atoms with van der Waals surface area (Å²) in [6.07, 6.45) is 2.49. The second kappa shape index (κ2) is 7.23. The Balaban J connectivity index is 1.39. The highest BCUT2D eigenvalue weighted by Gasteiger charge is 2.21. The van der Waals surface area contributed by atoms with E-state index < -0.39 is 0 Å². The van der Waals surface area contributed by atoms with Crippen molar-refractivity contribution >= 4 is 16.8 Å². The largest absolute Gasteiger partial charge is 0.491 e. The molecule has 4 rings (SSSR count). The van der Waals surface area contributed by atoms with Gasteiger partial charge in [-0.1, -0.05) is 30.3 Å². The molecule has 1 aliphatic rings. The highest BCUT2D eigenvalue weighted by molar-refractivity contribution is 5.80. The molecular weight excluding hydrogens is 342 g/mol. The molecule has 0 radical (unpaired) electrons. The van der Waals surface area contributed by atoms with E-state index >= 15 is 0 Å². The van der Waals surface area contributed by atoms with Crippen LogP contribution in [0.1, 0.15) is 17.5 Å². The van der Waals surface area contributed by atoms with E-state index in [0.717, 1.165) is 23.3 Å². The van der Waals surface area contributed by atoms with Crippen LogP contribution in [0.4, 0.5) is 0 Å². The van der Waals surface area contributed by atoms with Gasteiger partial charge in [-0.15, -0.1) is 0 Å². The Morgan fingerprint density at radius 1 is 1.26 bits per heavy atom. The highest BCUT2D eigenvalue weighted by atomic mass is 16.5. The van der Waals surface area contributed by atoms with Crippen LogP contribution >= 0.6 is 0 Å². The van der Waals surface area contributed by atoms with Gasteiger partial charge in [-0.05, 0) is 36.6 Å². The molecule has 0 fully saturated rings. The lowest BCUT2D eigenvalue weighted by atomic mass is 10.0. The Hall–Kier alpha value is -3.15. The molecule has 6 heteroatoms. The smallest absolute Gasteiger partial charge is 0.261 e. The van der Waals surface area contributed by atoms with Crippen LogP contribution in [0.25, 0.3) is 10.9 Å². The summed E-state index contributed by atoms with van der Waals surface area (Å²) in [5.74, 6) is 0.784. The highest BCUT2D eigenvalue weighted by Crippen LogP contribution is 2.23. The summed E-state index contributed by atoms with van der Waals surface area (Å²) in [6, 6.07) is 13.3. The lowest BCUT2D eigenvalue weighted by Crippen LogP contribution is -2.43. The van der Waals surface area contributed by atoms with Gasteiger partial charge in [-0.3, -0.25) is 14.2 Å². The molecule has 2 aromatic carbocycles. The number of fused-ring (bicyclic) bond motifs is 2. The SMILES string of the molecule is Cc1cccc2c(=O)n(CCC(=O)N[C@H]3COc4ccccc4C3)cnc12. The first-order valence-electron chi connectivity index (χ1n) is 9.06. The molecule has 0 spiro atoms. The average molecular weight is 363 g/mol. The van der Waals surface area contributed by atoms with E-state index in [1.807, 2.05) is 43.3 Å². The fourth-order valence-corrected chi connectivity index (χ4v) is 3.44. The first kappa shape index (κ1) is 17.3. The molecule has 6 nitrogen and oxygen atoms in total. The second-order valence-corrected chi connectivity index (χ2v) is 6.85. The Labute approximate surface area is 156 Å². The standard InChI is InChI=1S/C21H21N3O3/c1-14-5-4-7-17-20(14)22-13-24(21(17)26)10-9-19(25)23-16-11-15-6-2-3-8-18(15)27-12-16/h2-8,13,16H,9-12H2,1H3,(H,23,25)/t16-/m1/s1. The van der Waals surface area contributed by atoms with Crippen LogP contribution in [0.2, 0.25) is 0 Å². The van der Waals surface area contributed by atoms with Gasteiger partial charge in [0.25, 0.3) is 5.56 Å². The van der Waals surface area contributed by atoms with E-state index in [9.17, 15) is 9.59 Å². The molecule has 1 aromatic heterocycles. The minimum atomic E-state index is -0.119. The predicted molar refractivity (Wildman–Crippen MR) is 103 cm³/mol. The topological polar surface area (TPSA) is 73.2 Å². The molecule has 1 aliphatic heterocycles. The molecule has 0 unspecified atom stereocenters. The van der Waals surface area contributed by atoms with Gasteiger partial charge in [0, 0.05) is 13.0 Å². The molecule has 138 valence electrons. The minimum Gasteiger partial charge on any atom is -0.491 e. The van der Waals surface area contributed by atoms with Crippen molar-refractivity contribution in [3.05, 3.63) is 70.3 Å². The molecule has 2 heterocycles. The molecule has 27 heavy (non-hydrogen) atoms. The Kier molecular flexibility index (Phi) is 4.62. The number of nitrogens with one attached hydrogen (secondary N) is 1. The van der Waals surface area contributed by atoms with Crippen molar-refractivity contribution in [2.75, 3.05) is 6.61 Å². The number of ether oxygens (including phenoxy) is 1. The molecule has 1 N–H and O–H groups in total. The molecule has 0 bridgehead atoms. The van der Waals surface area contributed by atoms with Crippen LogP contribution in [0.15, 0.2) is 53.6 Å². The quantitative estimate of drug-likeness (QED) is 0.771. The van der Waals surface area contributed by atoms with Gasteiger partial charge in [0.1, 0.15) is 12.4 Å². The number of nitrogens with zero attached hydrogens (tertiary/aromatic N) is 2. The maximum absolute atomic E-state index is 12.6. The summed E-state index contributed by atoms with van der Waals surface area (Å²) in [5.41, 5.74) is 2.65. The molecule has 1 atom stereocenters. The maximum Gasteiger partial charge on any atom is 0.261 e. The van der Waals surface area contributed by atoms with Crippen LogP contribution in [-0.2, 0) is 17.8 Å². The van der Waals surface area contributed by atoms with Gasteiger partial charge < -0.3 is 10.1 Å². The van der Waals surface area contributed by atoms with Crippen molar-refractivity contribution in [3.63, 3.8) is 0 Å². The third-order valence-corrected chi connectivity index (χ3v) is 4.88. The first-order valence-corrected chi connectivity index (χ1v) is 9.06. The van der Waals surface area contributed by atoms with Gasteiger partial charge in [-0.25, -0.2) is 4.98 Å². The lowest BCUT2D eigenvalue weighted by Gasteiger charge is -2.26. The van der Waals surface area contributed by atoms with Crippen LogP contribution < -0.4 is 15.6 Å². The van der Waals surface area contributed by atoms with Gasteiger partial charge >= 0.3 is 0 Å². The van der Waals surface area contributed by atoms with Crippen LogP contribution in [-0.4, -0.2) is 28.1 Å². The zero-order valence-electron chi connectivity index (χ0n) is 15.1. The summed E-state index contributed by atoms with van der Waals surface area (Å²) in [7, 11) is 0. The molecular formula is C21H21N3O3. The van der Waals surface area contributed by atoms with E-state index in [4.69, 9.17) is 4.74 Å². The minimum absolute atomic E-state index is 0.0542. The number of aryl methyl sites for hydroxylation is 2. The maximum atomic E-state index is 12.6. The number of hydrogen-bond donors (Lipinski definition) is 1. The van der Waals surface area contributed by atoms with Crippen molar-refractivity contribution in [1.29, 1.82) is 0 Å². The third-order valence-electron chi connectivity index (χ3n) is 4.88. The fraction of sp³-hybridized carbons (Fsp3) is 0.286. The number of para-hydroxylation sites is 2. The first-order chi connectivity index (χ1) is 13.1. The second-order valence-electron chi connectivity index (χ2n) is 6.85. The number of rotatable bonds is 4. The zero-order valence-corrected chi connectivity index (χ0v) is 15.1. The van der Waals surface area contributed by atoms with Gasteiger partial charge in [0.2, 0.25) is 5.91 Å². The van der Waals surface area contributed by atoms with E-state index in [0.29, 0.717) is 24.1 Å². The molecule has 1 amide bonds. The molecule has 0 saturated carbocycles. The summed E-state index contributed by atoms with van der Waals surface area (Å²) >= 11 is 0. The zero-order chi connectivity index (χ0) is 18.8. The van der Waals surface area contributed by atoms with Crippen LogP contribution in [0.5, 0.6) is 5.75 Å². The van der Waals surface area contributed by atoms with E-state index in [1.54, 1.807) is 6.07 Å². The number of aromatic nitrogens is 2. The Morgan fingerprint density at radius 2 is 2.11 bits per heavy atom. The van der Waals surface area contributed by atoms with Crippen molar-refractivity contribution in [2.24, 2.45) is 0 Å². The molecule has 3 aromatic rings. The van der Waals surface area contributed by atoms with Gasteiger partial charge in [0.05, 0.1) is 23.3 Å². The van der Waals surface area contributed by atoms with Gasteiger partial charge in [-0.2, -0.15) is 0 Å². The Bertz CT molecular complexity index is 1060. The summed E-state index contributed by atoms with van der Waals surface area (Å²) < 4.78 is 7.19. The Morgan fingerprint density at radius 3 is 3.00 bits per heavy atom. The van der Waals surface area contributed by atoms with Crippen LogP contribution in [0, 0.1) is 6.92 Å². The van der Waals surface area contributed by atoms with Crippen molar-refractivity contribution < 1.29 is 9.53 Å². The average Bonchev–Trinajstić information content (AvgIpc) is 2.68. The van der Waals surface area contributed by atoms with E-state index in [-0.39, 0.29) is 23.9 Å². The normalized spacial score (nSPS) is 15.8. The van der Waals surface area contributed by atoms with E-state index in [2.05, 4.69) is 10.3 Å². The number of carbonyl (C=O) groups excluding carboxylic acids is 1. The van der Waals surface area contributed by atoms with Crippen molar-refractivity contribution in [2.45, 2.75) is 32.4 Å². The fourth-order valence-electron chi connectivity index (χ4n) is 3.44. The van der Waals surface area contributed by atoms with Crippen molar-refractivity contribution in [1.82, 2.24) is 14.9 Å². The van der Waals surface area contributed by atoms with Gasteiger partial charge in [0.15, 0.2) is 0 Å². The number of hydrogen-bond acceptors (Lipinski definition) is 4. The van der Waals surface area contributed by atoms with Crippen LogP contribution in [0.3, 0.4) is 0 Å². The number of amides is 1. The summed E-state index contributed by atoms with van der Waals surface area (Å²) in [6.45, 7) is 2.68. The third kappa shape index (κ3) is 3.56. The summed E-state index contributed by atoms with van der Waals surface area (Å²) in [5, 5.41) is 3.57. The number of benzene rings is 2.